The standard InChI is InChI=1S/C22H20ClN7OS/c1-2-3-15-18(23)28-21(24)29-19(15)30-6-7-31-17-5-4-12(8-14(17)11-30)13-9-16-20(26-10-13)32-22(25)27-16/h2-5,8-10H,6-7,11H2,1H3,(H2,25,27)(H2,24,28,29)/b3-2+. The number of rotatable bonds is 3. The van der Waals surface area contributed by atoms with Gasteiger partial charge < -0.3 is 21.1 Å². The van der Waals surface area contributed by atoms with Crippen LogP contribution in [-0.2, 0) is 6.54 Å². The molecule has 3 aromatic heterocycles. The second kappa shape index (κ2) is 8.25. The van der Waals surface area contributed by atoms with Gasteiger partial charge in [-0.15, -0.1) is 0 Å². The highest BCUT2D eigenvalue weighted by Gasteiger charge is 2.22. The Bertz CT molecular complexity index is 1350. The number of anilines is 3. The summed E-state index contributed by atoms with van der Waals surface area (Å²) in [7, 11) is 0. The van der Waals surface area contributed by atoms with Gasteiger partial charge in [0.05, 0.1) is 12.1 Å². The fraction of sp³-hybridized carbons (Fsp3) is 0.182. The van der Waals surface area contributed by atoms with E-state index in [0.717, 1.165) is 38.4 Å². The molecule has 4 heterocycles. The van der Waals surface area contributed by atoms with Crippen molar-refractivity contribution < 1.29 is 4.74 Å². The molecule has 1 aromatic carbocycles. The van der Waals surface area contributed by atoms with E-state index in [1.165, 1.54) is 11.3 Å². The third kappa shape index (κ3) is 3.80. The van der Waals surface area contributed by atoms with Gasteiger partial charge in [0.15, 0.2) is 5.13 Å². The molecular formula is C22H20ClN7OS. The Morgan fingerprint density at radius 2 is 2.03 bits per heavy atom. The number of pyridine rings is 1. The van der Waals surface area contributed by atoms with Crippen LogP contribution in [0, 0.1) is 0 Å². The van der Waals surface area contributed by atoms with Crippen molar-refractivity contribution in [1.82, 2.24) is 19.9 Å². The number of nitrogen functional groups attached to an aromatic ring is 2. The van der Waals surface area contributed by atoms with Gasteiger partial charge in [0.25, 0.3) is 0 Å². The maximum absolute atomic E-state index is 6.37. The lowest BCUT2D eigenvalue weighted by atomic mass is 10.0. The summed E-state index contributed by atoms with van der Waals surface area (Å²) in [5, 5.41) is 0.835. The Morgan fingerprint density at radius 3 is 2.88 bits per heavy atom. The molecule has 1 aliphatic heterocycles. The maximum Gasteiger partial charge on any atom is 0.223 e. The Hall–Kier alpha value is -3.43. The van der Waals surface area contributed by atoms with Gasteiger partial charge in [-0.1, -0.05) is 41.2 Å². The summed E-state index contributed by atoms with van der Waals surface area (Å²) < 4.78 is 6.01. The average Bonchev–Trinajstić information content (AvgIpc) is 3.01. The first-order valence-electron chi connectivity index (χ1n) is 10.0. The number of fused-ring (bicyclic) bond motifs is 2. The minimum absolute atomic E-state index is 0.138. The number of allylic oxidation sites excluding steroid dienone is 1. The minimum atomic E-state index is 0.138. The summed E-state index contributed by atoms with van der Waals surface area (Å²) in [6, 6.07) is 8.12. The highest BCUT2D eigenvalue weighted by atomic mass is 35.5. The van der Waals surface area contributed by atoms with Gasteiger partial charge in [-0.25, -0.2) is 15.0 Å². The first-order valence-corrected chi connectivity index (χ1v) is 11.2. The van der Waals surface area contributed by atoms with Crippen LogP contribution in [0.3, 0.4) is 0 Å². The topological polar surface area (TPSA) is 116 Å². The lowest BCUT2D eigenvalue weighted by molar-refractivity contribution is 0.331. The second-order valence-electron chi connectivity index (χ2n) is 7.30. The van der Waals surface area contributed by atoms with E-state index >= 15 is 0 Å². The van der Waals surface area contributed by atoms with E-state index < -0.39 is 0 Å². The number of hydrogen-bond donors (Lipinski definition) is 2. The molecule has 4 N–H and O–H groups in total. The zero-order valence-corrected chi connectivity index (χ0v) is 18.8. The van der Waals surface area contributed by atoms with Crippen LogP contribution in [-0.4, -0.2) is 33.1 Å². The molecule has 0 saturated carbocycles. The van der Waals surface area contributed by atoms with Crippen molar-refractivity contribution in [2.24, 2.45) is 0 Å². The summed E-state index contributed by atoms with van der Waals surface area (Å²) in [5.74, 6) is 1.66. The molecule has 32 heavy (non-hydrogen) atoms. The number of benzene rings is 1. The van der Waals surface area contributed by atoms with Crippen LogP contribution in [0.4, 0.5) is 16.9 Å². The molecule has 0 radical (unpaired) electrons. The minimum Gasteiger partial charge on any atom is -0.491 e. The highest BCUT2D eigenvalue weighted by Crippen LogP contribution is 2.34. The van der Waals surface area contributed by atoms with Gasteiger partial charge in [-0.2, -0.15) is 4.98 Å². The number of ether oxygens (including phenoxy) is 1. The van der Waals surface area contributed by atoms with Gasteiger partial charge in [-0.3, -0.25) is 0 Å². The van der Waals surface area contributed by atoms with Crippen molar-refractivity contribution in [2.45, 2.75) is 13.5 Å². The van der Waals surface area contributed by atoms with E-state index in [0.29, 0.717) is 35.8 Å². The Kier molecular flexibility index (Phi) is 5.28. The normalized spacial score (nSPS) is 13.9. The van der Waals surface area contributed by atoms with Crippen molar-refractivity contribution in [3.05, 3.63) is 52.8 Å². The summed E-state index contributed by atoms with van der Waals surface area (Å²) in [6.07, 6.45) is 5.63. The first kappa shape index (κ1) is 20.5. The molecule has 0 atom stereocenters. The molecule has 1 aliphatic rings. The van der Waals surface area contributed by atoms with Gasteiger partial charge in [-0.05, 0) is 30.7 Å². The monoisotopic (exact) mass is 465 g/mol. The Labute approximate surface area is 193 Å². The molecule has 0 saturated heterocycles. The predicted octanol–water partition coefficient (Wildman–Crippen LogP) is 4.40. The van der Waals surface area contributed by atoms with Crippen LogP contribution in [0.25, 0.3) is 27.6 Å². The maximum atomic E-state index is 6.37. The molecule has 0 fully saturated rings. The molecule has 0 amide bonds. The number of thiazole rings is 1. The van der Waals surface area contributed by atoms with Crippen molar-refractivity contribution >= 4 is 56.3 Å². The molecule has 0 bridgehead atoms. The van der Waals surface area contributed by atoms with Crippen molar-refractivity contribution in [3.8, 4) is 16.9 Å². The number of nitrogens with zero attached hydrogens (tertiary/aromatic N) is 5. The summed E-state index contributed by atoms with van der Waals surface area (Å²) >= 11 is 7.74. The van der Waals surface area contributed by atoms with Crippen molar-refractivity contribution in [2.75, 3.05) is 29.5 Å². The van der Waals surface area contributed by atoms with Crippen LogP contribution in [0.2, 0.25) is 5.15 Å². The van der Waals surface area contributed by atoms with Crippen molar-refractivity contribution in [3.63, 3.8) is 0 Å². The fourth-order valence-corrected chi connectivity index (χ4v) is 4.64. The number of aromatic nitrogens is 4. The average molecular weight is 466 g/mol. The van der Waals surface area contributed by atoms with E-state index in [9.17, 15) is 0 Å². The Balaban J connectivity index is 1.54. The summed E-state index contributed by atoms with van der Waals surface area (Å²) in [4.78, 5) is 20.4. The molecule has 0 spiro atoms. The SMILES string of the molecule is C/C=C/c1c(Cl)nc(N)nc1N1CCOc2ccc(-c3cnc4sc(N)nc4c3)cc2C1. The van der Waals surface area contributed by atoms with Gasteiger partial charge in [0.1, 0.15) is 33.7 Å². The van der Waals surface area contributed by atoms with Crippen LogP contribution in [0.15, 0.2) is 36.5 Å². The van der Waals surface area contributed by atoms with Crippen LogP contribution in [0.5, 0.6) is 5.75 Å². The second-order valence-corrected chi connectivity index (χ2v) is 8.67. The van der Waals surface area contributed by atoms with E-state index in [4.69, 9.17) is 27.8 Å². The molecule has 5 rings (SSSR count). The highest BCUT2D eigenvalue weighted by molar-refractivity contribution is 7.21. The first-order chi connectivity index (χ1) is 15.5. The molecular weight excluding hydrogens is 446 g/mol. The van der Waals surface area contributed by atoms with Crippen LogP contribution < -0.4 is 21.1 Å². The summed E-state index contributed by atoms with van der Waals surface area (Å²) in [6.45, 7) is 3.64. The number of halogens is 1. The zero-order valence-electron chi connectivity index (χ0n) is 17.2. The van der Waals surface area contributed by atoms with E-state index in [-0.39, 0.29) is 5.95 Å². The van der Waals surface area contributed by atoms with E-state index in [1.54, 1.807) is 0 Å². The van der Waals surface area contributed by atoms with Crippen LogP contribution >= 0.6 is 22.9 Å². The predicted molar refractivity (Wildman–Crippen MR) is 130 cm³/mol. The Morgan fingerprint density at radius 1 is 1.16 bits per heavy atom. The quantitative estimate of drug-likeness (QED) is 0.427. The van der Waals surface area contributed by atoms with E-state index in [1.807, 2.05) is 43.5 Å². The third-order valence-electron chi connectivity index (χ3n) is 5.17. The summed E-state index contributed by atoms with van der Waals surface area (Å²) in [5.41, 5.74) is 16.3. The van der Waals surface area contributed by atoms with Crippen LogP contribution in [0.1, 0.15) is 18.1 Å². The van der Waals surface area contributed by atoms with Gasteiger partial charge in [0.2, 0.25) is 5.95 Å². The molecule has 0 unspecified atom stereocenters. The lowest BCUT2D eigenvalue weighted by Crippen LogP contribution is -2.27. The number of nitrogens with two attached hydrogens (primary N) is 2. The molecule has 0 aliphatic carbocycles. The molecule has 8 nitrogen and oxygen atoms in total. The number of hydrogen-bond acceptors (Lipinski definition) is 9. The van der Waals surface area contributed by atoms with Gasteiger partial charge in [0, 0.05) is 23.9 Å². The smallest absolute Gasteiger partial charge is 0.223 e. The largest absolute Gasteiger partial charge is 0.491 e. The van der Waals surface area contributed by atoms with E-state index in [2.05, 4.69) is 30.9 Å². The fourth-order valence-electron chi connectivity index (χ4n) is 3.75. The third-order valence-corrected chi connectivity index (χ3v) is 6.26. The van der Waals surface area contributed by atoms with Gasteiger partial charge >= 0.3 is 0 Å². The molecule has 162 valence electrons. The van der Waals surface area contributed by atoms with Crippen molar-refractivity contribution in [1.29, 1.82) is 0 Å². The molecule has 4 aromatic rings. The molecule has 10 heteroatoms. The lowest BCUT2D eigenvalue weighted by Gasteiger charge is -2.23. The zero-order chi connectivity index (χ0) is 22.2.